The summed E-state index contributed by atoms with van der Waals surface area (Å²) in [6.07, 6.45) is 0. The predicted octanol–water partition coefficient (Wildman–Crippen LogP) is 3.46. The van der Waals surface area contributed by atoms with E-state index in [-0.39, 0.29) is 23.7 Å². The standard InChI is InChI=1S/C13H19ClN2O.ClH/c1-13(2,3)8-16(4)12(17)10-6-5-9(15)7-11(10)14;/h5-7H,8,15H2,1-4H3;1H. The van der Waals surface area contributed by atoms with Gasteiger partial charge in [0.25, 0.3) is 5.91 Å². The van der Waals surface area contributed by atoms with Gasteiger partial charge in [-0.25, -0.2) is 0 Å². The Balaban J connectivity index is 0.00000289. The Kier molecular flexibility index (Phi) is 5.97. The maximum Gasteiger partial charge on any atom is 0.255 e. The maximum atomic E-state index is 12.2. The molecule has 0 aliphatic heterocycles. The van der Waals surface area contributed by atoms with Crippen LogP contribution in [0.1, 0.15) is 31.1 Å². The molecule has 1 rings (SSSR count). The van der Waals surface area contributed by atoms with Crippen molar-refractivity contribution in [2.24, 2.45) is 5.41 Å². The van der Waals surface area contributed by atoms with Crippen LogP contribution in [0.5, 0.6) is 0 Å². The molecule has 0 atom stereocenters. The molecule has 0 spiro atoms. The highest BCUT2D eigenvalue weighted by Crippen LogP contribution is 2.22. The van der Waals surface area contributed by atoms with Gasteiger partial charge in [-0.2, -0.15) is 0 Å². The quantitative estimate of drug-likeness (QED) is 0.848. The Morgan fingerprint density at radius 2 is 1.94 bits per heavy atom. The first-order chi connectivity index (χ1) is 7.70. The van der Waals surface area contributed by atoms with Gasteiger partial charge in [0.05, 0.1) is 10.6 Å². The van der Waals surface area contributed by atoms with Crippen molar-refractivity contribution in [3.05, 3.63) is 28.8 Å². The number of nitrogens with zero attached hydrogens (tertiary/aromatic N) is 1. The van der Waals surface area contributed by atoms with Crippen LogP contribution in [0.2, 0.25) is 5.02 Å². The topological polar surface area (TPSA) is 46.3 Å². The molecular weight excluding hydrogens is 271 g/mol. The fraction of sp³-hybridized carbons (Fsp3) is 0.462. The second kappa shape index (κ2) is 6.30. The summed E-state index contributed by atoms with van der Waals surface area (Å²) in [5.74, 6) is -0.0788. The lowest BCUT2D eigenvalue weighted by Crippen LogP contribution is -2.34. The van der Waals surface area contributed by atoms with E-state index >= 15 is 0 Å². The van der Waals surface area contributed by atoms with Crippen LogP contribution in [0.15, 0.2) is 18.2 Å². The van der Waals surface area contributed by atoms with Gasteiger partial charge in [0.1, 0.15) is 0 Å². The number of amides is 1. The molecule has 0 saturated heterocycles. The molecular formula is C13H20Cl2N2O. The van der Waals surface area contributed by atoms with Crippen molar-refractivity contribution in [1.82, 2.24) is 4.90 Å². The van der Waals surface area contributed by atoms with Crippen LogP contribution in [0, 0.1) is 5.41 Å². The Hall–Kier alpha value is -0.930. The van der Waals surface area contributed by atoms with Crippen LogP contribution >= 0.6 is 24.0 Å². The van der Waals surface area contributed by atoms with E-state index in [1.54, 1.807) is 30.1 Å². The van der Waals surface area contributed by atoms with E-state index in [0.717, 1.165) is 0 Å². The third kappa shape index (κ3) is 4.75. The lowest BCUT2D eigenvalue weighted by molar-refractivity contribution is 0.0746. The van der Waals surface area contributed by atoms with Crippen molar-refractivity contribution < 1.29 is 4.79 Å². The molecule has 102 valence electrons. The summed E-state index contributed by atoms with van der Waals surface area (Å²) in [5, 5.41) is 0.399. The van der Waals surface area contributed by atoms with E-state index in [2.05, 4.69) is 20.8 Å². The van der Waals surface area contributed by atoms with Crippen LogP contribution in [-0.4, -0.2) is 24.4 Å². The normalized spacial score (nSPS) is 10.7. The number of nitrogens with two attached hydrogens (primary N) is 1. The zero-order valence-electron chi connectivity index (χ0n) is 11.2. The number of halogens is 2. The van der Waals surface area contributed by atoms with Crippen LogP contribution in [0.25, 0.3) is 0 Å². The van der Waals surface area contributed by atoms with Gasteiger partial charge in [-0.15, -0.1) is 12.4 Å². The predicted molar refractivity (Wildman–Crippen MR) is 79.5 cm³/mol. The van der Waals surface area contributed by atoms with Gasteiger partial charge in [0.2, 0.25) is 0 Å². The van der Waals surface area contributed by atoms with Crippen molar-refractivity contribution in [1.29, 1.82) is 0 Å². The van der Waals surface area contributed by atoms with Crippen LogP contribution in [0.4, 0.5) is 5.69 Å². The summed E-state index contributed by atoms with van der Waals surface area (Å²) >= 11 is 6.01. The molecule has 3 nitrogen and oxygen atoms in total. The van der Waals surface area contributed by atoms with E-state index in [4.69, 9.17) is 17.3 Å². The second-order valence-corrected chi connectivity index (χ2v) is 5.87. The average molecular weight is 291 g/mol. The smallest absolute Gasteiger partial charge is 0.255 e. The Labute approximate surface area is 120 Å². The average Bonchev–Trinajstić information content (AvgIpc) is 2.14. The summed E-state index contributed by atoms with van der Waals surface area (Å²) in [5.41, 5.74) is 6.71. The fourth-order valence-corrected chi connectivity index (χ4v) is 1.96. The minimum atomic E-state index is -0.0788. The number of carbonyl (C=O) groups excluding carboxylic acids is 1. The largest absolute Gasteiger partial charge is 0.399 e. The first-order valence-electron chi connectivity index (χ1n) is 5.51. The summed E-state index contributed by atoms with van der Waals surface area (Å²) in [6.45, 7) is 6.93. The van der Waals surface area contributed by atoms with Gasteiger partial charge in [-0.3, -0.25) is 4.79 Å². The molecule has 1 aromatic carbocycles. The minimum absolute atomic E-state index is 0. The van der Waals surface area contributed by atoms with E-state index < -0.39 is 0 Å². The minimum Gasteiger partial charge on any atom is -0.399 e. The molecule has 1 aromatic rings. The van der Waals surface area contributed by atoms with Gasteiger partial charge in [0.15, 0.2) is 0 Å². The Morgan fingerprint density at radius 1 is 1.39 bits per heavy atom. The van der Waals surface area contributed by atoms with Crippen molar-refractivity contribution in [2.45, 2.75) is 20.8 Å². The molecule has 0 radical (unpaired) electrons. The van der Waals surface area contributed by atoms with Crippen molar-refractivity contribution >= 4 is 35.6 Å². The molecule has 0 aliphatic rings. The highest BCUT2D eigenvalue weighted by Gasteiger charge is 2.20. The summed E-state index contributed by atoms with van der Waals surface area (Å²) in [6, 6.07) is 4.95. The number of benzene rings is 1. The first-order valence-corrected chi connectivity index (χ1v) is 5.89. The first kappa shape index (κ1) is 17.1. The molecule has 0 unspecified atom stereocenters. The van der Waals surface area contributed by atoms with E-state index in [1.807, 2.05) is 0 Å². The third-order valence-electron chi connectivity index (χ3n) is 2.28. The summed E-state index contributed by atoms with van der Waals surface area (Å²) in [4.78, 5) is 13.8. The monoisotopic (exact) mass is 290 g/mol. The molecule has 2 N–H and O–H groups in total. The zero-order chi connectivity index (χ0) is 13.2. The van der Waals surface area contributed by atoms with Gasteiger partial charge >= 0.3 is 0 Å². The van der Waals surface area contributed by atoms with E-state index in [9.17, 15) is 4.79 Å². The molecule has 5 heteroatoms. The van der Waals surface area contributed by atoms with E-state index in [0.29, 0.717) is 22.8 Å². The summed E-state index contributed by atoms with van der Waals surface area (Å²) in [7, 11) is 1.78. The second-order valence-electron chi connectivity index (χ2n) is 5.46. The van der Waals surface area contributed by atoms with Crippen molar-refractivity contribution in [2.75, 3.05) is 19.3 Å². The van der Waals surface area contributed by atoms with Gasteiger partial charge in [-0.1, -0.05) is 32.4 Å². The lowest BCUT2D eigenvalue weighted by Gasteiger charge is -2.27. The summed E-state index contributed by atoms with van der Waals surface area (Å²) < 4.78 is 0. The number of rotatable bonds is 2. The number of hydrogen-bond acceptors (Lipinski definition) is 2. The van der Waals surface area contributed by atoms with E-state index in [1.165, 1.54) is 0 Å². The van der Waals surface area contributed by atoms with Crippen LogP contribution in [0.3, 0.4) is 0 Å². The van der Waals surface area contributed by atoms with Gasteiger partial charge < -0.3 is 10.6 Å². The number of anilines is 1. The van der Waals surface area contributed by atoms with Gasteiger partial charge in [0, 0.05) is 19.3 Å². The molecule has 18 heavy (non-hydrogen) atoms. The van der Waals surface area contributed by atoms with Crippen LogP contribution < -0.4 is 5.73 Å². The molecule has 0 bridgehead atoms. The highest BCUT2D eigenvalue weighted by atomic mass is 35.5. The maximum absolute atomic E-state index is 12.2. The number of carbonyl (C=O) groups is 1. The molecule has 1 amide bonds. The van der Waals surface area contributed by atoms with Crippen molar-refractivity contribution in [3.63, 3.8) is 0 Å². The lowest BCUT2D eigenvalue weighted by atomic mass is 9.96. The molecule has 0 fully saturated rings. The molecule has 0 aliphatic carbocycles. The SMILES string of the molecule is CN(CC(C)(C)C)C(=O)c1ccc(N)cc1Cl.Cl. The number of hydrogen-bond donors (Lipinski definition) is 1. The van der Waals surface area contributed by atoms with Gasteiger partial charge in [-0.05, 0) is 23.6 Å². The molecule has 0 saturated carbocycles. The number of nitrogen functional groups attached to an aromatic ring is 1. The van der Waals surface area contributed by atoms with Crippen LogP contribution in [-0.2, 0) is 0 Å². The molecule has 0 aromatic heterocycles. The zero-order valence-corrected chi connectivity index (χ0v) is 12.7. The Morgan fingerprint density at radius 3 is 2.39 bits per heavy atom. The molecule has 0 heterocycles. The highest BCUT2D eigenvalue weighted by molar-refractivity contribution is 6.34. The fourth-order valence-electron chi connectivity index (χ4n) is 1.69. The van der Waals surface area contributed by atoms with Crippen molar-refractivity contribution in [3.8, 4) is 0 Å². The third-order valence-corrected chi connectivity index (χ3v) is 2.59. The Bertz CT molecular complexity index is 427.